The van der Waals surface area contributed by atoms with Crippen molar-refractivity contribution < 1.29 is 5.11 Å². The molecule has 3 heteroatoms. The minimum Gasteiger partial charge on any atom is -0.396 e. The summed E-state index contributed by atoms with van der Waals surface area (Å²) in [5.41, 5.74) is 0. The maximum Gasteiger partial charge on any atom is 0.0468 e. The van der Waals surface area contributed by atoms with E-state index in [1.165, 1.54) is 57.1 Å². The van der Waals surface area contributed by atoms with Gasteiger partial charge in [0.25, 0.3) is 0 Å². The predicted molar refractivity (Wildman–Crippen MR) is 115 cm³/mol. The van der Waals surface area contributed by atoms with E-state index in [9.17, 15) is 0 Å². The maximum absolute atomic E-state index is 8.97. The summed E-state index contributed by atoms with van der Waals surface area (Å²) in [6, 6.07) is 0. The second-order valence-corrected chi connectivity index (χ2v) is 9.87. The Morgan fingerprint density at radius 1 is 0.913 bits per heavy atom. The molecule has 23 heavy (non-hydrogen) atoms. The highest BCUT2D eigenvalue weighted by Gasteiger charge is 2.01. The van der Waals surface area contributed by atoms with Crippen LogP contribution < -0.4 is 5.32 Å². The highest BCUT2D eigenvalue weighted by atomic mass is 32.2. The molecule has 0 aliphatic heterocycles. The molecule has 2 N–H and O–H groups in total. The highest BCUT2D eigenvalue weighted by molar-refractivity contribution is 8.27. The van der Waals surface area contributed by atoms with Gasteiger partial charge in [-0.15, -0.1) is 0 Å². The molecule has 0 rings (SSSR count). The Balaban J connectivity index is 0. The first-order valence-corrected chi connectivity index (χ1v) is 12.1. The summed E-state index contributed by atoms with van der Waals surface area (Å²) in [5, 5.41) is 12.4. The van der Waals surface area contributed by atoms with Gasteiger partial charge in [-0.05, 0) is 30.4 Å². The largest absolute Gasteiger partial charge is 0.396 e. The van der Waals surface area contributed by atoms with Crippen molar-refractivity contribution in [3.05, 3.63) is 0 Å². The molecule has 0 heterocycles. The molecule has 2 nitrogen and oxygen atoms in total. The molecule has 0 saturated carbocycles. The van der Waals surface area contributed by atoms with Crippen LogP contribution in [0.15, 0.2) is 0 Å². The Morgan fingerprint density at radius 3 is 1.96 bits per heavy atom. The van der Waals surface area contributed by atoms with Crippen LogP contribution in [0.5, 0.6) is 0 Å². The van der Waals surface area contributed by atoms with Gasteiger partial charge in [-0.25, -0.2) is 9.21 Å². The smallest absolute Gasteiger partial charge is 0.0468 e. The Morgan fingerprint density at radius 2 is 1.43 bits per heavy atom. The van der Waals surface area contributed by atoms with E-state index >= 15 is 0 Å². The number of rotatable bonds is 15. The van der Waals surface area contributed by atoms with Crippen molar-refractivity contribution in [3.8, 4) is 0 Å². The van der Waals surface area contributed by atoms with Crippen LogP contribution in [0.1, 0.15) is 79.1 Å². The normalized spacial score (nSPS) is 12.6. The fraction of sp³-hybridized carbons (Fsp3) is 0.900. The van der Waals surface area contributed by atoms with E-state index in [1.807, 2.05) is 13.8 Å². The van der Waals surface area contributed by atoms with Gasteiger partial charge < -0.3 is 10.4 Å². The SMILES string of the molecule is C=S(=C)(CCCCCCCCCC)CCNCC(C)CO.CC. The molecule has 1 atom stereocenters. The van der Waals surface area contributed by atoms with Crippen molar-refractivity contribution in [1.82, 2.24) is 5.32 Å². The maximum atomic E-state index is 8.97. The Kier molecular flexibility index (Phi) is 20.1. The summed E-state index contributed by atoms with van der Waals surface area (Å²) in [6.45, 7) is 10.5. The zero-order valence-corrected chi connectivity index (χ0v) is 17.4. The zero-order valence-electron chi connectivity index (χ0n) is 16.5. The van der Waals surface area contributed by atoms with Gasteiger partial charge in [0.1, 0.15) is 0 Å². The summed E-state index contributed by atoms with van der Waals surface area (Å²) < 4.78 is 0. The van der Waals surface area contributed by atoms with E-state index in [1.54, 1.807) is 0 Å². The topological polar surface area (TPSA) is 32.3 Å². The summed E-state index contributed by atoms with van der Waals surface area (Å²) in [6.07, 6.45) is 11.0. The van der Waals surface area contributed by atoms with E-state index in [4.69, 9.17) is 5.11 Å². The van der Waals surface area contributed by atoms with Crippen LogP contribution in [-0.4, -0.2) is 48.0 Å². The average molecular weight is 348 g/mol. The Labute approximate surface area is 147 Å². The summed E-state index contributed by atoms with van der Waals surface area (Å²) in [5.74, 6) is 11.3. The van der Waals surface area contributed by atoms with E-state index in [0.29, 0.717) is 5.92 Å². The molecular formula is C20H45NOS. The van der Waals surface area contributed by atoms with Crippen molar-refractivity contribution in [2.75, 3.05) is 31.2 Å². The van der Waals surface area contributed by atoms with Gasteiger partial charge in [-0.1, -0.05) is 84.4 Å². The molecule has 142 valence electrons. The van der Waals surface area contributed by atoms with Gasteiger partial charge in [0, 0.05) is 13.2 Å². The second-order valence-electron chi connectivity index (χ2n) is 6.60. The van der Waals surface area contributed by atoms with Crippen molar-refractivity contribution in [2.24, 2.45) is 5.92 Å². The second kappa shape index (κ2) is 18.4. The first-order valence-electron chi connectivity index (χ1n) is 9.78. The lowest BCUT2D eigenvalue weighted by Gasteiger charge is -2.16. The van der Waals surface area contributed by atoms with Gasteiger partial charge in [0.2, 0.25) is 0 Å². The van der Waals surface area contributed by atoms with Gasteiger partial charge in [0.15, 0.2) is 0 Å². The molecule has 0 aromatic heterocycles. The number of nitrogens with one attached hydrogen (secondary N) is 1. The van der Waals surface area contributed by atoms with E-state index in [2.05, 4.69) is 30.9 Å². The van der Waals surface area contributed by atoms with Gasteiger partial charge >= 0.3 is 0 Å². The number of hydrogen-bond acceptors (Lipinski definition) is 2. The Hall–Kier alpha value is 0.01000. The third-order valence-electron chi connectivity index (χ3n) is 3.95. The minimum absolute atomic E-state index is 0.262. The lowest BCUT2D eigenvalue weighted by Crippen LogP contribution is -2.26. The van der Waals surface area contributed by atoms with Crippen LogP contribution in [-0.2, 0) is 0 Å². The number of hydrogen-bond donors (Lipinski definition) is 2. The first kappa shape index (κ1) is 25.3. The zero-order chi connectivity index (χ0) is 18.0. The fourth-order valence-electron chi connectivity index (χ4n) is 2.35. The molecule has 0 aliphatic rings. The Bertz CT molecular complexity index is 312. The number of unbranched alkanes of at least 4 members (excludes halogenated alkanes) is 7. The first-order chi connectivity index (χ1) is 11.0. The molecule has 0 radical (unpaired) electrons. The van der Waals surface area contributed by atoms with E-state index in [-0.39, 0.29) is 6.61 Å². The van der Waals surface area contributed by atoms with Crippen LogP contribution in [0.3, 0.4) is 0 Å². The molecular weight excluding hydrogens is 302 g/mol. The molecule has 0 amide bonds. The molecule has 0 bridgehead atoms. The van der Waals surface area contributed by atoms with Crippen LogP contribution in [0, 0.1) is 5.92 Å². The van der Waals surface area contributed by atoms with E-state index in [0.717, 1.165) is 18.8 Å². The standard InChI is InChI=1S/C18H39NOS.C2H6/c1-5-6-7-8-9-10-11-12-14-21(3,4)15-13-19-16-18(2)17-20;1-2/h18-20H,3-17H2,1-2H3;1-2H3. The van der Waals surface area contributed by atoms with Crippen LogP contribution in [0.25, 0.3) is 0 Å². The van der Waals surface area contributed by atoms with Crippen molar-refractivity contribution in [1.29, 1.82) is 0 Å². The number of aliphatic hydroxyl groups is 1. The van der Waals surface area contributed by atoms with Crippen molar-refractivity contribution >= 4 is 20.9 Å². The van der Waals surface area contributed by atoms with Gasteiger partial charge in [-0.3, -0.25) is 0 Å². The molecule has 0 spiro atoms. The minimum atomic E-state index is -0.913. The molecule has 0 aliphatic carbocycles. The lowest BCUT2D eigenvalue weighted by molar-refractivity contribution is 0.234. The molecule has 0 fully saturated rings. The third kappa shape index (κ3) is 20.0. The quantitative estimate of drug-likeness (QED) is 0.321. The molecule has 0 aromatic rings. The molecule has 0 saturated heterocycles. The summed E-state index contributed by atoms with van der Waals surface area (Å²) in [4.78, 5) is 0. The van der Waals surface area contributed by atoms with Crippen LogP contribution in [0.2, 0.25) is 0 Å². The van der Waals surface area contributed by atoms with Gasteiger partial charge in [0.05, 0.1) is 0 Å². The van der Waals surface area contributed by atoms with Crippen molar-refractivity contribution in [2.45, 2.75) is 79.1 Å². The lowest BCUT2D eigenvalue weighted by atomic mass is 10.1. The van der Waals surface area contributed by atoms with Crippen LogP contribution in [0.4, 0.5) is 0 Å². The average Bonchev–Trinajstić information content (AvgIpc) is 2.55. The van der Waals surface area contributed by atoms with Crippen molar-refractivity contribution in [3.63, 3.8) is 0 Å². The summed E-state index contributed by atoms with van der Waals surface area (Å²) >= 11 is 0. The predicted octanol–water partition coefficient (Wildman–Crippen LogP) is 5.04. The molecule has 1 unspecified atom stereocenters. The summed E-state index contributed by atoms with van der Waals surface area (Å²) in [7, 11) is -0.913. The monoisotopic (exact) mass is 347 g/mol. The highest BCUT2D eigenvalue weighted by Crippen LogP contribution is 2.21. The van der Waals surface area contributed by atoms with E-state index < -0.39 is 9.21 Å². The van der Waals surface area contributed by atoms with Gasteiger partial charge in [-0.2, -0.15) is 0 Å². The molecule has 0 aromatic carbocycles. The third-order valence-corrected chi connectivity index (χ3v) is 6.17. The fourth-order valence-corrected chi connectivity index (χ4v) is 3.94. The number of aliphatic hydroxyl groups excluding tert-OH is 1. The van der Waals surface area contributed by atoms with Crippen LogP contribution >= 0.6 is 9.21 Å².